The minimum atomic E-state index is -0.603. The van der Waals surface area contributed by atoms with Crippen LogP contribution in [0.1, 0.15) is 28.4 Å². The van der Waals surface area contributed by atoms with Gasteiger partial charge in [0.25, 0.3) is 5.91 Å². The van der Waals surface area contributed by atoms with E-state index in [0.717, 1.165) is 18.5 Å². The van der Waals surface area contributed by atoms with Crippen LogP contribution in [-0.2, 0) is 19.4 Å². The Morgan fingerprint density at radius 2 is 2.00 bits per heavy atom. The average Bonchev–Trinajstić information content (AvgIpc) is 3.10. The lowest BCUT2D eigenvalue weighted by Crippen LogP contribution is -2.34. The molecule has 7 heteroatoms. The number of carbonyl (C=O) groups excluding carboxylic acids is 1. The highest BCUT2D eigenvalue weighted by atomic mass is 16.2. The zero-order valence-electron chi connectivity index (χ0n) is 15.0. The van der Waals surface area contributed by atoms with E-state index in [-0.39, 0.29) is 17.0 Å². The van der Waals surface area contributed by atoms with Crippen LogP contribution in [0.3, 0.4) is 0 Å². The molecule has 0 spiro atoms. The number of hydrazine groups is 1. The summed E-state index contributed by atoms with van der Waals surface area (Å²) in [6.07, 6.45) is 5.10. The molecule has 7 nitrogen and oxygen atoms in total. The summed E-state index contributed by atoms with van der Waals surface area (Å²) in [5.41, 5.74) is 5.69. The Kier molecular flexibility index (Phi) is 4.37. The Balaban J connectivity index is 1.70. The fourth-order valence-corrected chi connectivity index (χ4v) is 3.73. The van der Waals surface area contributed by atoms with Gasteiger partial charge in [-0.05, 0) is 37.0 Å². The number of nitrogens with two attached hydrogens (primary N) is 1. The number of hydrogen-bond acceptors (Lipinski definition) is 5. The van der Waals surface area contributed by atoms with E-state index in [2.05, 4.69) is 34.6 Å². The molecule has 138 valence electrons. The van der Waals surface area contributed by atoms with Crippen molar-refractivity contribution in [2.24, 2.45) is 5.84 Å². The molecule has 1 aromatic carbocycles. The zero-order valence-corrected chi connectivity index (χ0v) is 15.0. The van der Waals surface area contributed by atoms with E-state index in [0.29, 0.717) is 17.6 Å². The first-order chi connectivity index (χ1) is 13.1. The number of hydrogen-bond donors (Lipinski definition) is 3. The number of nitrogens with zero attached hydrogens (tertiary/aromatic N) is 2. The average molecular weight is 363 g/mol. The van der Waals surface area contributed by atoms with E-state index in [4.69, 9.17) is 5.84 Å². The molecule has 27 heavy (non-hydrogen) atoms. The van der Waals surface area contributed by atoms with Crippen molar-refractivity contribution in [2.75, 3.05) is 5.32 Å². The highest BCUT2D eigenvalue weighted by Crippen LogP contribution is 2.25. The fourth-order valence-electron chi connectivity index (χ4n) is 3.73. The summed E-state index contributed by atoms with van der Waals surface area (Å²) >= 11 is 0. The summed E-state index contributed by atoms with van der Waals surface area (Å²) in [6, 6.07) is 10.4. The lowest BCUT2D eigenvalue weighted by Gasteiger charge is -2.15. The summed E-state index contributed by atoms with van der Waals surface area (Å²) < 4.78 is 1.77. The van der Waals surface area contributed by atoms with Crippen LogP contribution in [0.15, 0.2) is 47.5 Å². The van der Waals surface area contributed by atoms with E-state index in [9.17, 15) is 9.59 Å². The van der Waals surface area contributed by atoms with Crippen molar-refractivity contribution in [3.05, 3.63) is 69.6 Å². The molecule has 0 saturated carbocycles. The van der Waals surface area contributed by atoms with Crippen molar-refractivity contribution < 1.29 is 4.79 Å². The van der Waals surface area contributed by atoms with Crippen LogP contribution in [0.25, 0.3) is 11.0 Å². The Hall–Kier alpha value is -3.19. The predicted octanol–water partition coefficient (Wildman–Crippen LogP) is 1.60. The summed E-state index contributed by atoms with van der Waals surface area (Å²) in [7, 11) is 0. The van der Waals surface area contributed by atoms with Crippen molar-refractivity contribution in [3.63, 3.8) is 0 Å². The van der Waals surface area contributed by atoms with Gasteiger partial charge in [0.05, 0.1) is 17.3 Å². The van der Waals surface area contributed by atoms with E-state index >= 15 is 0 Å². The number of fused-ring (bicyclic) bond motifs is 2. The number of nitrogens with one attached hydrogen (secondary N) is 2. The molecule has 2 heterocycles. The smallest absolute Gasteiger partial charge is 0.270 e. The van der Waals surface area contributed by atoms with Gasteiger partial charge in [0.15, 0.2) is 0 Å². The van der Waals surface area contributed by atoms with Crippen LogP contribution in [0.2, 0.25) is 0 Å². The molecular formula is C20H21N5O2. The molecule has 0 radical (unpaired) electrons. The summed E-state index contributed by atoms with van der Waals surface area (Å²) in [6.45, 7) is 2.51. The van der Waals surface area contributed by atoms with E-state index in [1.165, 1.54) is 17.3 Å². The number of aromatic nitrogens is 2. The molecule has 1 aliphatic rings. The van der Waals surface area contributed by atoms with Crippen LogP contribution in [0, 0.1) is 0 Å². The quantitative estimate of drug-likeness (QED) is 0.371. The minimum absolute atomic E-state index is 0.0130. The van der Waals surface area contributed by atoms with Crippen LogP contribution in [-0.4, -0.2) is 21.5 Å². The highest BCUT2D eigenvalue weighted by molar-refractivity contribution is 5.96. The standard InChI is InChI=1S/C20H21N5O2/c1-2-25-11-17(20(27)24-21)18(26)16-9-15(10-22-19(16)25)23-14-7-12-5-3-4-6-13(12)8-14/h3-6,9-11,14,23H,2,7-8,21H2,1H3,(H,24,27). The molecule has 4 rings (SSSR count). The lowest BCUT2D eigenvalue weighted by molar-refractivity contribution is 0.0952. The second-order valence-corrected chi connectivity index (χ2v) is 6.74. The van der Waals surface area contributed by atoms with Gasteiger partial charge < -0.3 is 9.88 Å². The number of aryl methyl sites for hydroxylation is 1. The third-order valence-corrected chi connectivity index (χ3v) is 5.05. The molecule has 0 fully saturated rings. The maximum Gasteiger partial charge on any atom is 0.270 e. The normalized spacial score (nSPS) is 13.6. The van der Waals surface area contributed by atoms with Crippen molar-refractivity contribution >= 4 is 22.6 Å². The molecule has 1 amide bonds. The molecule has 0 unspecified atom stereocenters. The minimum Gasteiger partial charge on any atom is -0.380 e. The topological polar surface area (TPSA) is 102 Å². The van der Waals surface area contributed by atoms with E-state index in [1.807, 2.05) is 12.3 Å². The monoisotopic (exact) mass is 363 g/mol. The van der Waals surface area contributed by atoms with E-state index < -0.39 is 5.91 Å². The number of benzene rings is 1. The first-order valence-electron chi connectivity index (χ1n) is 8.98. The largest absolute Gasteiger partial charge is 0.380 e. The first-order valence-corrected chi connectivity index (χ1v) is 8.98. The van der Waals surface area contributed by atoms with Crippen molar-refractivity contribution in [2.45, 2.75) is 32.4 Å². The van der Waals surface area contributed by atoms with Gasteiger partial charge >= 0.3 is 0 Å². The Morgan fingerprint density at radius 3 is 2.63 bits per heavy atom. The summed E-state index contributed by atoms with van der Waals surface area (Å²) in [5, 5.41) is 3.87. The molecule has 4 N–H and O–H groups in total. The molecular weight excluding hydrogens is 342 g/mol. The number of pyridine rings is 2. The number of carbonyl (C=O) groups is 1. The second kappa shape index (κ2) is 6.85. The van der Waals surface area contributed by atoms with Crippen LogP contribution in [0.5, 0.6) is 0 Å². The van der Waals surface area contributed by atoms with Gasteiger partial charge in [0.2, 0.25) is 5.43 Å². The van der Waals surface area contributed by atoms with Gasteiger partial charge in [-0.1, -0.05) is 24.3 Å². The number of nitrogen functional groups attached to an aromatic ring is 1. The fraction of sp³-hybridized carbons (Fsp3) is 0.250. The third kappa shape index (κ3) is 3.06. The van der Waals surface area contributed by atoms with Gasteiger partial charge in [-0.15, -0.1) is 0 Å². The molecule has 0 saturated heterocycles. The second-order valence-electron chi connectivity index (χ2n) is 6.74. The van der Waals surface area contributed by atoms with Crippen molar-refractivity contribution in [1.29, 1.82) is 0 Å². The number of amides is 1. The van der Waals surface area contributed by atoms with Gasteiger partial charge in [-0.2, -0.15) is 0 Å². The summed E-state index contributed by atoms with van der Waals surface area (Å²) in [4.78, 5) is 29.2. The Bertz CT molecular complexity index is 1060. The highest BCUT2D eigenvalue weighted by Gasteiger charge is 2.21. The maximum atomic E-state index is 12.8. The zero-order chi connectivity index (χ0) is 19.0. The molecule has 2 aromatic heterocycles. The van der Waals surface area contributed by atoms with E-state index in [1.54, 1.807) is 16.8 Å². The molecule has 0 bridgehead atoms. The van der Waals surface area contributed by atoms with Crippen LogP contribution < -0.4 is 22.0 Å². The maximum absolute atomic E-state index is 12.8. The summed E-state index contributed by atoms with van der Waals surface area (Å²) in [5.74, 6) is 4.61. The first kappa shape index (κ1) is 17.2. The lowest BCUT2D eigenvalue weighted by atomic mass is 10.1. The molecule has 0 atom stereocenters. The van der Waals surface area contributed by atoms with Gasteiger partial charge in [0, 0.05) is 18.8 Å². The molecule has 3 aromatic rings. The number of rotatable bonds is 4. The SMILES string of the molecule is CCn1cc(C(=O)NN)c(=O)c2cc(NC3Cc4ccccc4C3)cnc21. The Labute approximate surface area is 156 Å². The molecule has 1 aliphatic carbocycles. The molecule has 0 aliphatic heterocycles. The van der Waals surface area contributed by atoms with Gasteiger partial charge in [-0.3, -0.25) is 15.0 Å². The van der Waals surface area contributed by atoms with Crippen molar-refractivity contribution in [1.82, 2.24) is 15.0 Å². The number of anilines is 1. The van der Waals surface area contributed by atoms with Gasteiger partial charge in [-0.25, -0.2) is 10.8 Å². The van der Waals surface area contributed by atoms with Crippen LogP contribution in [0.4, 0.5) is 5.69 Å². The third-order valence-electron chi connectivity index (χ3n) is 5.05. The van der Waals surface area contributed by atoms with Crippen molar-refractivity contribution in [3.8, 4) is 0 Å². The Morgan fingerprint density at radius 1 is 1.30 bits per heavy atom. The predicted molar refractivity (Wildman–Crippen MR) is 105 cm³/mol. The van der Waals surface area contributed by atoms with Crippen LogP contribution >= 0.6 is 0 Å². The van der Waals surface area contributed by atoms with Gasteiger partial charge in [0.1, 0.15) is 11.2 Å².